The quantitative estimate of drug-likeness (QED) is 0.742. The van der Waals surface area contributed by atoms with Gasteiger partial charge in [0.25, 0.3) is 5.91 Å². The van der Waals surface area contributed by atoms with Crippen LogP contribution in [0.1, 0.15) is 50.7 Å². The first-order valence-corrected chi connectivity index (χ1v) is 9.55. The molecule has 2 atom stereocenters. The molecular formula is C20H30N3O2+. The fourth-order valence-corrected chi connectivity index (χ4v) is 3.90. The molecular weight excluding hydrogens is 314 g/mol. The minimum Gasteiger partial charge on any atom is -0.352 e. The van der Waals surface area contributed by atoms with Crippen molar-refractivity contribution in [2.75, 3.05) is 0 Å². The molecule has 5 nitrogen and oxygen atoms in total. The van der Waals surface area contributed by atoms with Crippen molar-refractivity contribution in [3.8, 4) is 0 Å². The lowest BCUT2D eigenvalue weighted by Gasteiger charge is -2.27. The molecule has 1 fully saturated rings. The summed E-state index contributed by atoms with van der Waals surface area (Å²) in [6.45, 7) is 4.78. The smallest absolute Gasteiger partial charge is 0.279 e. The maximum absolute atomic E-state index is 12.7. The van der Waals surface area contributed by atoms with Gasteiger partial charge in [-0.05, 0) is 24.3 Å². The molecule has 1 heterocycles. The van der Waals surface area contributed by atoms with Gasteiger partial charge in [0.2, 0.25) is 5.91 Å². The zero-order chi connectivity index (χ0) is 17.8. The molecule has 3 rings (SSSR count). The second kappa shape index (κ2) is 8.00. The van der Waals surface area contributed by atoms with E-state index < -0.39 is 6.04 Å². The first-order chi connectivity index (χ1) is 12.0. The van der Waals surface area contributed by atoms with Gasteiger partial charge in [0, 0.05) is 18.0 Å². The van der Waals surface area contributed by atoms with Crippen LogP contribution in [0, 0.1) is 5.92 Å². The fourth-order valence-electron chi connectivity index (χ4n) is 3.90. The highest BCUT2D eigenvalue weighted by atomic mass is 16.2. The summed E-state index contributed by atoms with van der Waals surface area (Å²) in [5.74, 6) is 0.00228. The number of rotatable bonds is 5. The van der Waals surface area contributed by atoms with E-state index in [1.54, 1.807) is 0 Å². The van der Waals surface area contributed by atoms with Crippen LogP contribution in [0.25, 0.3) is 0 Å². The number of nitrogens with two attached hydrogens (primary N) is 1. The zero-order valence-corrected chi connectivity index (χ0v) is 15.3. The molecule has 0 bridgehead atoms. The average molecular weight is 344 g/mol. The number of benzene rings is 1. The normalized spacial score (nSPS) is 21.6. The van der Waals surface area contributed by atoms with E-state index >= 15 is 0 Å². The van der Waals surface area contributed by atoms with E-state index in [2.05, 4.69) is 28.1 Å². The first-order valence-electron chi connectivity index (χ1n) is 9.55. The van der Waals surface area contributed by atoms with Crippen LogP contribution in [0.5, 0.6) is 0 Å². The Balaban J connectivity index is 1.60. The van der Waals surface area contributed by atoms with E-state index in [1.807, 2.05) is 26.0 Å². The third-order valence-corrected chi connectivity index (χ3v) is 5.47. The van der Waals surface area contributed by atoms with Gasteiger partial charge in [-0.3, -0.25) is 9.59 Å². The highest BCUT2D eigenvalue weighted by Crippen LogP contribution is 2.18. The topological polar surface area (TPSA) is 74.8 Å². The molecule has 1 aromatic carbocycles. The number of hydrogen-bond donors (Lipinski definition) is 3. The summed E-state index contributed by atoms with van der Waals surface area (Å²) in [5, 5.41) is 8.20. The predicted molar refractivity (Wildman–Crippen MR) is 96.7 cm³/mol. The molecule has 0 aromatic heterocycles. The van der Waals surface area contributed by atoms with Gasteiger partial charge >= 0.3 is 0 Å². The lowest BCUT2D eigenvalue weighted by molar-refractivity contribution is -0.695. The molecule has 2 aliphatic rings. The lowest BCUT2D eigenvalue weighted by atomic mass is 9.94. The summed E-state index contributed by atoms with van der Waals surface area (Å²) >= 11 is 0. The average Bonchev–Trinajstić information content (AvgIpc) is 3.11. The summed E-state index contributed by atoms with van der Waals surface area (Å²) in [6.07, 6.45) is 5.19. The minimum atomic E-state index is -0.460. The SMILES string of the molecule is CC(C)[C@H](NC(=O)[C@@H]1Cc2ccccc2C[NH2+]1)C(=O)NC1CCCC1. The fraction of sp³-hybridized carbons (Fsp3) is 0.600. The van der Waals surface area contributed by atoms with Crippen molar-refractivity contribution in [3.63, 3.8) is 0 Å². The highest BCUT2D eigenvalue weighted by molar-refractivity contribution is 5.89. The number of carbonyl (C=O) groups is 2. The van der Waals surface area contributed by atoms with Crippen molar-refractivity contribution in [2.24, 2.45) is 5.92 Å². The van der Waals surface area contributed by atoms with Crippen molar-refractivity contribution in [1.82, 2.24) is 10.6 Å². The summed E-state index contributed by atoms with van der Waals surface area (Å²) in [7, 11) is 0. The number of quaternary nitrogens is 1. The zero-order valence-electron chi connectivity index (χ0n) is 15.3. The molecule has 1 aromatic rings. The largest absolute Gasteiger partial charge is 0.352 e. The summed E-state index contributed by atoms with van der Waals surface area (Å²) < 4.78 is 0. The summed E-state index contributed by atoms with van der Waals surface area (Å²) in [5.41, 5.74) is 2.53. The third-order valence-electron chi connectivity index (χ3n) is 5.47. The Labute approximate surface area is 150 Å². The van der Waals surface area contributed by atoms with Gasteiger partial charge in [0.05, 0.1) is 0 Å². The van der Waals surface area contributed by atoms with Gasteiger partial charge in [-0.2, -0.15) is 0 Å². The molecule has 0 saturated heterocycles. The van der Waals surface area contributed by atoms with Crippen LogP contribution in [-0.4, -0.2) is 29.9 Å². The van der Waals surface area contributed by atoms with Crippen molar-refractivity contribution < 1.29 is 14.9 Å². The van der Waals surface area contributed by atoms with E-state index in [0.717, 1.165) is 25.8 Å². The molecule has 1 aliphatic heterocycles. The Hall–Kier alpha value is -1.88. The van der Waals surface area contributed by atoms with Crippen molar-refractivity contribution in [2.45, 2.75) is 70.6 Å². The Kier molecular flexibility index (Phi) is 5.74. The monoisotopic (exact) mass is 344 g/mol. The van der Waals surface area contributed by atoms with Gasteiger partial charge < -0.3 is 16.0 Å². The Bertz CT molecular complexity index is 623. The van der Waals surface area contributed by atoms with Crippen molar-refractivity contribution in [3.05, 3.63) is 35.4 Å². The van der Waals surface area contributed by atoms with Crippen LogP contribution in [0.2, 0.25) is 0 Å². The van der Waals surface area contributed by atoms with Crippen LogP contribution in [0.15, 0.2) is 24.3 Å². The van der Waals surface area contributed by atoms with Gasteiger partial charge in [-0.1, -0.05) is 51.0 Å². The molecule has 136 valence electrons. The predicted octanol–water partition coefficient (Wildman–Crippen LogP) is 0.874. The van der Waals surface area contributed by atoms with Crippen molar-refractivity contribution >= 4 is 11.8 Å². The van der Waals surface area contributed by atoms with E-state index in [-0.39, 0.29) is 29.8 Å². The van der Waals surface area contributed by atoms with Gasteiger partial charge in [0.1, 0.15) is 12.6 Å². The first kappa shape index (κ1) is 17.9. The maximum Gasteiger partial charge on any atom is 0.279 e. The molecule has 0 radical (unpaired) electrons. The molecule has 0 unspecified atom stereocenters. The highest BCUT2D eigenvalue weighted by Gasteiger charge is 2.33. The second-order valence-corrected chi connectivity index (χ2v) is 7.74. The van der Waals surface area contributed by atoms with Crippen LogP contribution in [0.4, 0.5) is 0 Å². The standard InChI is InChI=1S/C20H29N3O2/c1-13(2)18(20(25)22-16-9-5-6-10-16)23-19(24)17-11-14-7-3-4-8-15(14)12-21-17/h3-4,7-8,13,16-18,21H,5-6,9-12H2,1-2H3,(H,22,25)(H,23,24)/p+1/t17-,18-/m0/s1. The van der Waals surface area contributed by atoms with E-state index in [0.29, 0.717) is 0 Å². The Morgan fingerprint density at radius 3 is 2.48 bits per heavy atom. The van der Waals surface area contributed by atoms with Crippen LogP contribution >= 0.6 is 0 Å². The Morgan fingerprint density at radius 2 is 1.80 bits per heavy atom. The molecule has 1 saturated carbocycles. The van der Waals surface area contributed by atoms with Gasteiger partial charge in [-0.15, -0.1) is 0 Å². The summed E-state index contributed by atoms with van der Waals surface area (Å²) in [4.78, 5) is 25.4. The maximum atomic E-state index is 12.7. The number of fused-ring (bicyclic) bond motifs is 1. The van der Waals surface area contributed by atoms with Gasteiger partial charge in [0.15, 0.2) is 6.04 Å². The molecule has 5 heteroatoms. The third kappa shape index (κ3) is 4.40. The molecule has 4 N–H and O–H groups in total. The van der Waals surface area contributed by atoms with Crippen LogP contribution in [0.3, 0.4) is 0 Å². The van der Waals surface area contributed by atoms with Crippen LogP contribution in [-0.2, 0) is 22.6 Å². The number of hydrogen-bond acceptors (Lipinski definition) is 2. The molecule has 2 amide bonds. The Morgan fingerprint density at radius 1 is 1.12 bits per heavy atom. The number of nitrogens with one attached hydrogen (secondary N) is 2. The lowest BCUT2D eigenvalue weighted by Crippen LogP contribution is -2.93. The molecule has 0 spiro atoms. The number of amides is 2. The molecule has 25 heavy (non-hydrogen) atoms. The van der Waals surface area contributed by atoms with E-state index in [4.69, 9.17) is 0 Å². The van der Waals surface area contributed by atoms with E-state index in [9.17, 15) is 9.59 Å². The second-order valence-electron chi connectivity index (χ2n) is 7.74. The van der Waals surface area contributed by atoms with Gasteiger partial charge in [-0.25, -0.2) is 0 Å². The minimum absolute atomic E-state index is 0.0326. The van der Waals surface area contributed by atoms with Crippen molar-refractivity contribution in [1.29, 1.82) is 0 Å². The number of carbonyl (C=O) groups excluding carboxylic acids is 2. The summed E-state index contributed by atoms with van der Waals surface area (Å²) in [6, 6.07) is 7.93. The molecule has 1 aliphatic carbocycles. The van der Waals surface area contributed by atoms with Crippen LogP contribution < -0.4 is 16.0 Å². The van der Waals surface area contributed by atoms with E-state index in [1.165, 1.54) is 24.0 Å².